The van der Waals surface area contributed by atoms with Crippen LogP contribution in [0, 0.1) is 0 Å². The van der Waals surface area contributed by atoms with Crippen LogP contribution in [-0.4, -0.2) is 13.2 Å². The first-order valence-corrected chi connectivity index (χ1v) is 5.76. The van der Waals surface area contributed by atoms with Gasteiger partial charge < -0.3 is 4.74 Å². The number of rotatable bonds is 3. The van der Waals surface area contributed by atoms with E-state index in [2.05, 4.69) is 4.99 Å². The predicted octanol–water partition coefficient (Wildman–Crippen LogP) is 3.69. The number of ether oxygens (including phenoxy) is 1. The molecule has 2 rings (SSSR count). The molecule has 0 heterocycles. The molecule has 0 spiro atoms. The molecule has 1 aromatic rings. The molecule has 0 N–H and O–H groups in total. The van der Waals surface area contributed by atoms with E-state index in [9.17, 15) is 18.0 Å². The zero-order chi connectivity index (χ0) is 14.3. The van der Waals surface area contributed by atoms with Crippen molar-refractivity contribution >= 4 is 17.7 Å². The highest BCUT2D eigenvalue weighted by atomic mass is 35.5. The second kappa shape index (κ2) is 4.54. The van der Waals surface area contributed by atoms with Crippen LogP contribution in [0.1, 0.15) is 24.0 Å². The minimum absolute atomic E-state index is 0.0536. The summed E-state index contributed by atoms with van der Waals surface area (Å²) in [6.45, 7) is 0. The van der Waals surface area contributed by atoms with Gasteiger partial charge in [0.1, 0.15) is 5.75 Å². The van der Waals surface area contributed by atoms with E-state index in [4.69, 9.17) is 16.3 Å². The Morgan fingerprint density at radius 1 is 1.42 bits per heavy atom. The second-order valence-corrected chi connectivity index (χ2v) is 4.67. The van der Waals surface area contributed by atoms with E-state index in [1.165, 1.54) is 13.2 Å². The van der Waals surface area contributed by atoms with Crippen LogP contribution >= 0.6 is 11.6 Å². The fourth-order valence-corrected chi connectivity index (χ4v) is 2.22. The molecule has 1 aliphatic carbocycles. The molecule has 1 aromatic carbocycles. The van der Waals surface area contributed by atoms with Crippen molar-refractivity contribution in [2.45, 2.75) is 24.6 Å². The van der Waals surface area contributed by atoms with Crippen LogP contribution in [0.2, 0.25) is 5.02 Å². The van der Waals surface area contributed by atoms with Gasteiger partial charge in [-0.05, 0) is 30.5 Å². The number of methoxy groups -OCH3 is 1. The van der Waals surface area contributed by atoms with Gasteiger partial charge in [0.2, 0.25) is 6.08 Å². The van der Waals surface area contributed by atoms with Crippen LogP contribution in [0.4, 0.5) is 13.2 Å². The lowest BCUT2D eigenvalue weighted by molar-refractivity contribution is -0.138. The number of benzene rings is 1. The molecule has 0 saturated heterocycles. The van der Waals surface area contributed by atoms with Crippen molar-refractivity contribution in [1.82, 2.24) is 0 Å². The highest BCUT2D eigenvalue weighted by molar-refractivity contribution is 6.32. The Bertz CT molecular complexity index is 561. The number of nitrogens with zero attached hydrogens (tertiary/aromatic N) is 1. The molecule has 0 unspecified atom stereocenters. The summed E-state index contributed by atoms with van der Waals surface area (Å²) >= 11 is 5.85. The quantitative estimate of drug-likeness (QED) is 0.629. The average Bonchev–Trinajstić information content (AvgIpc) is 3.08. The highest BCUT2D eigenvalue weighted by Crippen LogP contribution is 2.54. The molecule has 7 heteroatoms. The third kappa shape index (κ3) is 2.46. The maximum absolute atomic E-state index is 13.1. The van der Waals surface area contributed by atoms with Crippen molar-refractivity contribution in [3.05, 3.63) is 28.3 Å². The summed E-state index contributed by atoms with van der Waals surface area (Å²) in [5.74, 6) is -0.0661. The number of halogens is 4. The standard InChI is InChI=1S/C12H9ClF3NO2/c1-19-10-5-8(12(14,15)16)7(4-9(10)13)11(2-3-11)17-6-18/h4-5H,2-3H2,1H3. The Labute approximate surface area is 112 Å². The summed E-state index contributed by atoms with van der Waals surface area (Å²) in [6.07, 6.45) is -2.50. The molecule has 3 nitrogen and oxygen atoms in total. The van der Waals surface area contributed by atoms with E-state index in [1.54, 1.807) is 0 Å². The molecule has 1 fully saturated rings. The smallest absolute Gasteiger partial charge is 0.416 e. The first-order chi connectivity index (χ1) is 8.84. The zero-order valence-electron chi connectivity index (χ0n) is 9.84. The van der Waals surface area contributed by atoms with Crippen molar-refractivity contribution in [3.63, 3.8) is 0 Å². The Hall–Kier alpha value is -1.52. The number of hydrogen-bond donors (Lipinski definition) is 0. The highest BCUT2D eigenvalue weighted by Gasteiger charge is 2.50. The minimum atomic E-state index is -4.57. The van der Waals surface area contributed by atoms with E-state index in [1.807, 2.05) is 0 Å². The van der Waals surface area contributed by atoms with Crippen molar-refractivity contribution in [3.8, 4) is 5.75 Å². The topological polar surface area (TPSA) is 38.7 Å². The third-order valence-electron chi connectivity index (χ3n) is 3.08. The van der Waals surface area contributed by atoms with Crippen LogP contribution in [0.5, 0.6) is 5.75 Å². The van der Waals surface area contributed by atoms with Crippen molar-refractivity contribution in [2.75, 3.05) is 7.11 Å². The van der Waals surface area contributed by atoms with Gasteiger partial charge in [-0.15, -0.1) is 0 Å². The van der Waals surface area contributed by atoms with Crippen LogP contribution in [0.15, 0.2) is 17.1 Å². The molecule has 102 valence electrons. The lowest BCUT2D eigenvalue weighted by atomic mass is 9.98. The molecule has 0 aromatic heterocycles. The SMILES string of the molecule is COc1cc(C(F)(F)F)c(C2(N=C=O)CC2)cc1Cl. The van der Waals surface area contributed by atoms with E-state index in [0.29, 0.717) is 12.8 Å². The van der Waals surface area contributed by atoms with Gasteiger partial charge in [-0.3, -0.25) is 0 Å². The molecule has 0 radical (unpaired) electrons. The number of hydrogen-bond acceptors (Lipinski definition) is 3. The fraction of sp³-hybridized carbons (Fsp3) is 0.417. The van der Waals surface area contributed by atoms with Gasteiger partial charge in [-0.1, -0.05) is 11.6 Å². The molecule has 0 aliphatic heterocycles. The summed E-state index contributed by atoms with van der Waals surface area (Å²) in [5.41, 5.74) is -2.12. The summed E-state index contributed by atoms with van der Waals surface area (Å²) in [7, 11) is 1.23. The molecule has 1 saturated carbocycles. The summed E-state index contributed by atoms with van der Waals surface area (Å²) in [6, 6.07) is 2.00. The third-order valence-corrected chi connectivity index (χ3v) is 3.38. The lowest BCUT2D eigenvalue weighted by Crippen LogP contribution is -2.15. The zero-order valence-corrected chi connectivity index (χ0v) is 10.6. The maximum Gasteiger partial charge on any atom is 0.416 e. The van der Waals surface area contributed by atoms with Gasteiger partial charge in [0.25, 0.3) is 0 Å². The first-order valence-electron chi connectivity index (χ1n) is 5.38. The van der Waals surface area contributed by atoms with Crippen LogP contribution in [0.25, 0.3) is 0 Å². The van der Waals surface area contributed by atoms with Crippen LogP contribution < -0.4 is 4.74 Å². The van der Waals surface area contributed by atoms with Gasteiger partial charge in [0.15, 0.2) is 0 Å². The molecule has 0 bridgehead atoms. The lowest BCUT2D eigenvalue weighted by Gasteiger charge is -2.18. The molecule has 19 heavy (non-hydrogen) atoms. The molecule has 0 atom stereocenters. The maximum atomic E-state index is 13.1. The Kier molecular flexibility index (Phi) is 3.32. The fourth-order valence-electron chi connectivity index (χ4n) is 1.98. The Morgan fingerprint density at radius 3 is 2.47 bits per heavy atom. The Morgan fingerprint density at radius 2 is 2.05 bits per heavy atom. The number of isocyanates is 1. The van der Waals surface area contributed by atoms with Crippen LogP contribution in [-0.2, 0) is 16.5 Å². The van der Waals surface area contributed by atoms with E-state index >= 15 is 0 Å². The van der Waals surface area contributed by atoms with E-state index in [-0.39, 0.29) is 16.3 Å². The van der Waals surface area contributed by atoms with Gasteiger partial charge >= 0.3 is 6.18 Å². The summed E-state index contributed by atoms with van der Waals surface area (Å²) in [5, 5.41) is 0.0536. The molecular formula is C12H9ClF3NO2. The second-order valence-electron chi connectivity index (χ2n) is 4.26. The van der Waals surface area contributed by atoms with Gasteiger partial charge in [-0.2, -0.15) is 18.2 Å². The van der Waals surface area contributed by atoms with Gasteiger partial charge in [0.05, 0.1) is 23.2 Å². The average molecular weight is 292 g/mol. The first kappa shape index (κ1) is 13.9. The summed E-state index contributed by atoms with van der Waals surface area (Å²) < 4.78 is 44.0. The number of alkyl halides is 3. The van der Waals surface area contributed by atoms with Gasteiger partial charge in [-0.25, -0.2) is 4.79 Å². The predicted molar refractivity (Wildman–Crippen MR) is 62.0 cm³/mol. The minimum Gasteiger partial charge on any atom is -0.495 e. The van der Waals surface area contributed by atoms with Gasteiger partial charge in [0, 0.05) is 0 Å². The van der Waals surface area contributed by atoms with Crippen molar-refractivity contribution < 1.29 is 22.7 Å². The summed E-state index contributed by atoms with van der Waals surface area (Å²) in [4.78, 5) is 13.9. The van der Waals surface area contributed by atoms with E-state index in [0.717, 1.165) is 12.1 Å². The number of aliphatic imine (C=N–C) groups is 1. The molecule has 1 aliphatic rings. The molecule has 0 amide bonds. The number of carbonyl (C=O) groups excluding carboxylic acids is 1. The molecular weight excluding hydrogens is 283 g/mol. The van der Waals surface area contributed by atoms with Crippen LogP contribution in [0.3, 0.4) is 0 Å². The Balaban J connectivity index is 2.66. The van der Waals surface area contributed by atoms with Crippen molar-refractivity contribution in [1.29, 1.82) is 0 Å². The monoisotopic (exact) mass is 291 g/mol. The van der Waals surface area contributed by atoms with E-state index < -0.39 is 17.3 Å². The normalized spacial score (nSPS) is 16.7. The largest absolute Gasteiger partial charge is 0.495 e. The van der Waals surface area contributed by atoms with Crippen molar-refractivity contribution in [2.24, 2.45) is 4.99 Å².